The standard InChI is InChI=1S/C15H13ClN2O2/c1-8-7-10-5-4-6-11(14(10)20-8)12-13(16)9(2)17-18(3)15(12)19/h4-7H,1-3H3. The number of furan rings is 1. The lowest BCUT2D eigenvalue weighted by Crippen LogP contribution is -2.22. The molecule has 0 aliphatic heterocycles. The average Bonchev–Trinajstić information content (AvgIpc) is 2.78. The van der Waals surface area contributed by atoms with Crippen LogP contribution in [0.25, 0.3) is 22.1 Å². The number of nitrogens with zero attached hydrogens (tertiary/aromatic N) is 2. The molecule has 0 aliphatic carbocycles. The number of hydrogen-bond acceptors (Lipinski definition) is 3. The third-order valence-electron chi connectivity index (χ3n) is 3.28. The second-order valence-electron chi connectivity index (χ2n) is 4.78. The van der Waals surface area contributed by atoms with Crippen molar-refractivity contribution in [1.29, 1.82) is 0 Å². The number of aryl methyl sites for hydroxylation is 3. The van der Waals surface area contributed by atoms with Crippen molar-refractivity contribution < 1.29 is 4.42 Å². The summed E-state index contributed by atoms with van der Waals surface area (Å²) in [6.45, 7) is 3.65. The zero-order valence-electron chi connectivity index (χ0n) is 11.4. The Morgan fingerprint density at radius 1 is 1.30 bits per heavy atom. The van der Waals surface area contributed by atoms with Crippen molar-refractivity contribution in [2.45, 2.75) is 13.8 Å². The van der Waals surface area contributed by atoms with E-state index in [-0.39, 0.29) is 5.56 Å². The Bertz CT molecular complexity index is 877. The molecule has 102 valence electrons. The van der Waals surface area contributed by atoms with Gasteiger partial charge >= 0.3 is 0 Å². The number of benzene rings is 1. The number of halogens is 1. The minimum Gasteiger partial charge on any atom is -0.461 e. The lowest BCUT2D eigenvalue weighted by molar-refractivity contribution is 0.579. The molecule has 1 aromatic carbocycles. The van der Waals surface area contributed by atoms with Gasteiger partial charge in [0.2, 0.25) is 0 Å². The molecule has 20 heavy (non-hydrogen) atoms. The zero-order valence-corrected chi connectivity index (χ0v) is 12.2. The molecule has 0 unspecified atom stereocenters. The van der Waals surface area contributed by atoms with Crippen molar-refractivity contribution >= 4 is 22.6 Å². The van der Waals surface area contributed by atoms with E-state index in [1.54, 1.807) is 14.0 Å². The lowest BCUT2D eigenvalue weighted by atomic mass is 10.0. The van der Waals surface area contributed by atoms with E-state index in [1.807, 2.05) is 31.2 Å². The molecule has 2 aromatic heterocycles. The summed E-state index contributed by atoms with van der Waals surface area (Å²) in [5.74, 6) is 0.797. The summed E-state index contributed by atoms with van der Waals surface area (Å²) >= 11 is 6.29. The second kappa shape index (κ2) is 4.49. The van der Waals surface area contributed by atoms with Gasteiger partial charge in [-0.3, -0.25) is 4.79 Å². The van der Waals surface area contributed by atoms with Gasteiger partial charge in [-0.05, 0) is 19.9 Å². The van der Waals surface area contributed by atoms with E-state index in [0.29, 0.717) is 27.4 Å². The molecular weight excluding hydrogens is 276 g/mol. The van der Waals surface area contributed by atoms with Crippen LogP contribution in [0.4, 0.5) is 0 Å². The predicted octanol–water partition coefficient (Wildman–Crippen LogP) is 3.46. The fourth-order valence-electron chi connectivity index (χ4n) is 2.37. The van der Waals surface area contributed by atoms with E-state index in [1.165, 1.54) is 4.68 Å². The highest BCUT2D eigenvalue weighted by atomic mass is 35.5. The Labute approximate surface area is 120 Å². The van der Waals surface area contributed by atoms with Gasteiger partial charge in [0.1, 0.15) is 11.3 Å². The Kier molecular flexibility index (Phi) is 2.91. The summed E-state index contributed by atoms with van der Waals surface area (Å²) in [5.41, 5.74) is 2.19. The van der Waals surface area contributed by atoms with E-state index >= 15 is 0 Å². The van der Waals surface area contributed by atoms with Crippen LogP contribution in [0.3, 0.4) is 0 Å². The van der Waals surface area contributed by atoms with Crippen LogP contribution >= 0.6 is 11.6 Å². The molecule has 0 aliphatic rings. The summed E-state index contributed by atoms with van der Waals surface area (Å²) in [5, 5.41) is 5.41. The predicted molar refractivity (Wildman–Crippen MR) is 79.2 cm³/mol. The van der Waals surface area contributed by atoms with E-state index < -0.39 is 0 Å². The van der Waals surface area contributed by atoms with E-state index in [4.69, 9.17) is 16.0 Å². The smallest absolute Gasteiger partial charge is 0.276 e. The summed E-state index contributed by atoms with van der Waals surface area (Å²) in [4.78, 5) is 12.4. The molecule has 2 heterocycles. The first-order valence-electron chi connectivity index (χ1n) is 6.22. The van der Waals surface area contributed by atoms with E-state index in [0.717, 1.165) is 11.1 Å². The molecule has 3 aromatic rings. The first kappa shape index (κ1) is 12.9. The van der Waals surface area contributed by atoms with Crippen molar-refractivity contribution in [2.75, 3.05) is 0 Å². The van der Waals surface area contributed by atoms with Gasteiger partial charge in [-0.25, -0.2) is 4.68 Å². The molecular formula is C15H13ClN2O2. The van der Waals surface area contributed by atoms with Crippen LogP contribution in [0.1, 0.15) is 11.5 Å². The Hall–Kier alpha value is -2.07. The quantitative estimate of drug-likeness (QED) is 0.689. The minimum atomic E-state index is -0.234. The summed E-state index contributed by atoms with van der Waals surface area (Å²) in [6.07, 6.45) is 0. The van der Waals surface area contributed by atoms with Crippen molar-refractivity contribution in [1.82, 2.24) is 9.78 Å². The first-order chi connectivity index (χ1) is 9.49. The maximum atomic E-state index is 12.4. The molecule has 0 amide bonds. The highest BCUT2D eigenvalue weighted by Crippen LogP contribution is 2.33. The molecule has 0 fully saturated rings. The number of hydrogen-bond donors (Lipinski definition) is 0. The highest BCUT2D eigenvalue weighted by molar-refractivity contribution is 6.34. The average molecular weight is 289 g/mol. The number of fused-ring (bicyclic) bond motifs is 1. The van der Waals surface area contributed by atoms with Crippen molar-refractivity contribution in [3.05, 3.63) is 51.1 Å². The maximum Gasteiger partial charge on any atom is 0.276 e. The fraction of sp³-hybridized carbons (Fsp3) is 0.200. The fourth-order valence-corrected chi connectivity index (χ4v) is 2.59. The highest BCUT2D eigenvalue weighted by Gasteiger charge is 2.18. The molecule has 0 saturated carbocycles. The van der Waals surface area contributed by atoms with Gasteiger partial charge < -0.3 is 4.42 Å². The van der Waals surface area contributed by atoms with Crippen LogP contribution in [0.2, 0.25) is 5.02 Å². The van der Waals surface area contributed by atoms with Crippen LogP contribution in [0.5, 0.6) is 0 Å². The van der Waals surface area contributed by atoms with E-state index in [9.17, 15) is 4.79 Å². The summed E-state index contributed by atoms with van der Waals surface area (Å²) in [6, 6.07) is 7.61. The number of para-hydroxylation sites is 1. The molecule has 0 bridgehead atoms. The van der Waals surface area contributed by atoms with Crippen molar-refractivity contribution in [2.24, 2.45) is 7.05 Å². The third-order valence-corrected chi connectivity index (χ3v) is 3.74. The monoisotopic (exact) mass is 288 g/mol. The van der Waals surface area contributed by atoms with Gasteiger partial charge in [-0.15, -0.1) is 0 Å². The molecule has 5 heteroatoms. The van der Waals surface area contributed by atoms with Gasteiger partial charge in [-0.1, -0.05) is 29.8 Å². The van der Waals surface area contributed by atoms with Crippen LogP contribution in [-0.2, 0) is 7.05 Å². The Balaban J connectivity index is 2.45. The van der Waals surface area contributed by atoms with Crippen LogP contribution in [0, 0.1) is 13.8 Å². The lowest BCUT2D eigenvalue weighted by Gasteiger charge is -2.08. The topological polar surface area (TPSA) is 48.0 Å². The molecule has 4 nitrogen and oxygen atoms in total. The largest absolute Gasteiger partial charge is 0.461 e. The van der Waals surface area contributed by atoms with Gasteiger partial charge in [0.05, 0.1) is 16.3 Å². The molecule has 0 atom stereocenters. The molecule has 3 rings (SSSR count). The van der Waals surface area contributed by atoms with Crippen molar-refractivity contribution in [3.63, 3.8) is 0 Å². The van der Waals surface area contributed by atoms with E-state index in [2.05, 4.69) is 5.10 Å². The minimum absolute atomic E-state index is 0.234. The summed E-state index contributed by atoms with van der Waals surface area (Å²) < 4.78 is 7.01. The third kappa shape index (κ3) is 1.84. The molecule has 0 N–H and O–H groups in total. The maximum absolute atomic E-state index is 12.4. The van der Waals surface area contributed by atoms with Gasteiger partial charge in [0.15, 0.2) is 0 Å². The van der Waals surface area contributed by atoms with Crippen LogP contribution in [-0.4, -0.2) is 9.78 Å². The molecule has 0 radical (unpaired) electrons. The van der Waals surface area contributed by atoms with Crippen LogP contribution < -0.4 is 5.56 Å². The Morgan fingerprint density at radius 3 is 2.80 bits per heavy atom. The first-order valence-corrected chi connectivity index (χ1v) is 6.60. The van der Waals surface area contributed by atoms with Crippen LogP contribution in [0.15, 0.2) is 33.5 Å². The van der Waals surface area contributed by atoms with Gasteiger partial charge in [0, 0.05) is 18.0 Å². The van der Waals surface area contributed by atoms with Gasteiger partial charge in [-0.2, -0.15) is 5.10 Å². The van der Waals surface area contributed by atoms with Gasteiger partial charge in [0.25, 0.3) is 5.56 Å². The summed E-state index contributed by atoms with van der Waals surface area (Å²) in [7, 11) is 1.61. The Morgan fingerprint density at radius 2 is 2.05 bits per heavy atom. The second-order valence-corrected chi connectivity index (χ2v) is 5.16. The molecule has 0 saturated heterocycles. The number of rotatable bonds is 1. The normalized spacial score (nSPS) is 11.2. The SMILES string of the molecule is Cc1cc2cccc(-c3c(Cl)c(C)nn(C)c3=O)c2o1. The zero-order chi connectivity index (χ0) is 14.4. The number of aromatic nitrogens is 2. The molecule has 0 spiro atoms. The van der Waals surface area contributed by atoms with Crippen molar-refractivity contribution in [3.8, 4) is 11.1 Å².